The van der Waals surface area contributed by atoms with E-state index in [-0.39, 0.29) is 0 Å². The van der Waals surface area contributed by atoms with Gasteiger partial charge in [-0.05, 0) is 50.6 Å². The lowest BCUT2D eigenvalue weighted by Gasteiger charge is -2.26. The molecule has 4 nitrogen and oxygen atoms in total. The van der Waals surface area contributed by atoms with Gasteiger partial charge in [-0.25, -0.2) is 0 Å². The summed E-state index contributed by atoms with van der Waals surface area (Å²) in [5, 5.41) is 12.4. The Labute approximate surface area is 119 Å². The molecule has 5 heteroatoms. The minimum Gasteiger partial charge on any atom is -0.480 e. The second kappa shape index (κ2) is 8.17. The summed E-state index contributed by atoms with van der Waals surface area (Å²) < 4.78 is 0. The van der Waals surface area contributed by atoms with E-state index in [2.05, 4.69) is 10.3 Å². The number of carboxylic acid groups (broad SMARTS) is 1. The first-order valence-electron chi connectivity index (χ1n) is 6.60. The van der Waals surface area contributed by atoms with Crippen LogP contribution in [-0.4, -0.2) is 33.9 Å². The summed E-state index contributed by atoms with van der Waals surface area (Å²) in [6, 6.07) is 3.94. The molecule has 0 aromatic carbocycles. The number of carboxylic acids is 1. The molecule has 0 aliphatic carbocycles. The second-order valence-electron chi connectivity index (χ2n) is 4.70. The lowest BCUT2D eigenvalue weighted by molar-refractivity contribution is -0.144. The maximum absolute atomic E-state index is 11.3. The van der Waals surface area contributed by atoms with E-state index < -0.39 is 11.5 Å². The summed E-state index contributed by atoms with van der Waals surface area (Å²) in [6.07, 6.45) is 5.99. The second-order valence-corrected chi connectivity index (χ2v) is 5.87. The standard InChI is InChI=1S/C14H22N2O2S/c1-3-8-16-14(2,13(17)18)7-4-11-19-12-5-9-15-10-6-12/h5-6,9-10,16H,3-4,7-8,11H2,1-2H3,(H,17,18). The first kappa shape index (κ1) is 16.0. The van der Waals surface area contributed by atoms with Gasteiger partial charge in [0.15, 0.2) is 0 Å². The van der Waals surface area contributed by atoms with Gasteiger partial charge in [-0.2, -0.15) is 0 Å². The Balaban J connectivity index is 2.34. The molecular formula is C14H22N2O2S. The number of thioether (sulfide) groups is 1. The highest BCUT2D eigenvalue weighted by Crippen LogP contribution is 2.21. The van der Waals surface area contributed by atoms with Crippen molar-refractivity contribution in [2.75, 3.05) is 12.3 Å². The molecule has 0 saturated heterocycles. The Kier molecular flexibility index (Phi) is 6.87. The molecule has 1 aromatic rings. The smallest absolute Gasteiger partial charge is 0.323 e. The van der Waals surface area contributed by atoms with Crippen molar-refractivity contribution in [3.63, 3.8) is 0 Å². The Morgan fingerprint density at radius 1 is 1.47 bits per heavy atom. The van der Waals surface area contributed by atoms with Crippen molar-refractivity contribution in [1.82, 2.24) is 10.3 Å². The van der Waals surface area contributed by atoms with Crippen molar-refractivity contribution in [3.05, 3.63) is 24.5 Å². The van der Waals surface area contributed by atoms with Crippen LogP contribution in [0.5, 0.6) is 0 Å². The van der Waals surface area contributed by atoms with Crippen molar-refractivity contribution in [3.8, 4) is 0 Å². The number of hydrogen-bond acceptors (Lipinski definition) is 4. The highest BCUT2D eigenvalue weighted by molar-refractivity contribution is 7.99. The minimum absolute atomic E-state index is 0.639. The Morgan fingerprint density at radius 2 is 2.16 bits per heavy atom. The molecule has 0 spiro atoms. The van der Waals surface area contributed by atoms with E-state index in [0.29, 0.717) is 6.42 Å². The van der Waals surface area contributed by atoms with E-state index >= 15 is 0 Å². The van der Waals surface area contributed by atoms with Crippen LogP contribution in [0.4, 0.5) is 0 Å². The molecule has 106 valence electrons. The topological polar surface area (TPSA) is 62.2 Å². The van der Waals surface area contributed by atoms with Crippen molar-refractivity contribution in [2.24, 2.45) is 0 Å². The largest absolute Gasteiger partial charge is 0.480 e. The number of hydrogen-bond donors (Lipinski definition) is 2. The molecule has 1 heterocycles. The zero-order valence-electron chi connectivity index (χ0n) is 11.6. The predicted octanol–water partition coefficient (Wildman–Crippen LogP) is 2.80. The van der Waals surface area contributed by atoms with Crippen molar-refractivity contribution >= 4 is 17.7 Å². The molecule has 0 saturated carbocycles. The van der Waals surface area contributed by atoms with Crippen LogP contribution in [0.25, 0.3) is 0 Å². The van der Waals surface area contributed by atoms with Gasteiger partial charge in [0.2, 0.25) is 0 Å². The highest BCUT2D eigenvalue weighted by Gasteiger charge is 2.31. The van der Waals surface area contributed by atoms with Crippen LogP contribution < -0.4 is 5.32 Å². The normalized spacial score (nSPS) is 14.0. The molecule has 1 aromatic heterocycles. The Bertz CT molecular complexity index is 386. The van der Waals surface area contributed by atoms with E-state index in [4.69, 9.17) is 0 Å². The minimum atomic E-state index is -0.811. The number of rotatable bonds is 9. The van der Waals surface area contributed by atoms with E-state index in [1.807, 2.05) is 19.1 Å². The van der Waals surface area contributed by atoms with Gasteiger partial charge in [-0.1, -0.05) is 6.92 Å². The van der Waals surface area contributed by atoms with Crippen molar-refractivity contribution in [2.45, 2.75) is 43.5 Å². The first-order chi connectivity index (χ1) is 9.08. The van der Waals surface area contributed by atoms with Crippen LogP contribution in [0, 0.1) is 0 Å². The average molecular weight is 282 g/mol. The van der Waals surface area contributed by atoms with Gasteiger partial charge in [0, 0.05) is 17.3 Å². The van der Waals surface area contributed by atoms with Gasteiger partial charge in [0.1, 0.15) is 5.54 Å². The average Bonchev–Trinajstić information content (AvgIpc) is 2.42. The lowest BCUT2D eigenvalue weighted by Crippen LogP contribution is -2.49. The van der Waals surface area contributed by atoms with Gasteiger partial charge in [-0.15, -0.1) is 11.8 Å². The Hall–Kier alpha value is -1.07. The number of aromatic nitrogens is 1. The summed E-state index contributed by atoms with van der Waals surface area (Å²) in [6.45, 7) is 4.54. The molecule has 1 atom stereocenters. The fraction of sp³-hybridized carbons (Fsp3) is 0.571. The molecule has 19 heavy (non-hydrogen) atoms. The van der Waals surface area contributed by atoms with Gasteiger partial charge in [-0.3, -0.25) is 9.78 Å². The molecule has 1 rings (SSSR count). The summed E-state index contributed by atoms with van der Waals surface area (Å²) in [4.78, 5) is 16.5. The quantitative estimate of drug-likeness (QED) is 0.538. The van der Waals surface area contributed by atoms with E-state index in [0.717, 1.165) is 25.1 Å². The third kappa shape index (κ3) is 5.61. The summed E-state index contributed by atoms with van der Waals surface area (Å²) >= 11 is 1.74. The van der Waals surface area contributed by atoms with Crippen LogP contribution >= 0.6 is 11.8 Å². The van der Waals surface area contributed by atoms with Crippen LogP contribution in [-0.2, 0) is 4.79 Å². The van der Waals surface area contributed by atoms with Crippen LogP contribution in [0.1, 0.15) is 33.1 Å². The van der Waals surface area contributed by atoms with E-state index in [9.17, 15) is 9.90 Å². The SMILES string of the molecule is CCCNC(C)(CCCSc1ccncc1)C(=O)O. The maximum atomic E-state index is 11.3. The van der Waals surface area contributed by atoms with Gasteiger partial charge in [0.05, 0.1) is 0 Å². The van der Waals surface area contributed by atoms with Gasteiger partial charge in [0.25, 0.3) is 0 Å². The van der Waals surface area contributed by atoms with Crippen LogP contribution in [0.3, 0.4) is 0 Å². The zero-order valence-corrected chi connectivity index (χ0v) is 12.4. The van der Waals surface area contributed by atoms with Gasteiger partial charge >= 0.3 is 5.97 Å². The van der Waals surface area contributed by atoms with Crippen LogP contribution in [0.2, 0.25) is 0 Å². The molecule has 0 amide bonds. The third-order valence-electron chi connectivity index (χ3n) is 2.98. The molecule has 1 unspecified atom stereocenters. The number of pyridine rings is 1. The molecule has 2 N–H and O–H groups in total. The Morgan fingerprint density at radius 3 is 2.74 bits per heavy atom. The summed E-state index contributed by atoms with van der Waals surface area (Å²) in [5.41, 5.74) is -0.811. The molecular weight excluding hydrogens is 260 g/mol. The lowest BCUT2D eigenvalue weighted by atomic mass is 9.96. The van der Waals surface area contributed by atoms with Crippen LogP contribution in [0.15, 0.2) is 29.4 Å². The highest BCUT2D eigenvalue weighted by atomic mass is 32.2. The predicted molar refractivity (Wildman–Crippen MR) is 78.5 cm³/mol. The number of nitrogens with one attached hydrogen (secondary N) is 1. The third-order valence-corrected chi connectivity index (χ3v) is 4.08. The van der Waals surface area contributed by atoms with E-state index in [1.165, 1.54) is 4.90 Å². The zero-order chi connectivity index (χ0) is 14.1. The molecule has 0 aliphatic heterocycles. The monoisotopic (exact) mass is 282 g/mol. The number of aliphatic carboxylic acids is 1. The maximum Gasteiger partial charge on any atom is 0.323 e. The molecule has 0 fully saturated rings. The molecule has 0 radical (unpaired) electrons. The molecule has 0 aliphatic rings. The number of nitrogens with zero attached hydrogens (tertiary/aromatic N) is 1. The summed E-state index contributed by atoms with van der Waals surface area (Å²) in [7, 11) is 0. The van der Waals surface area contributed by atoms with Gasteiger partial charge < -0.3 is 10.4 Å². The summed E-state index contributed by atoms with van der Waals surface area (Å²) in [5.74, 6) is 0.149. The molecule has 0 bridgehead atoms. The van der Waals surface area contributed by atoms with Crippen molar-refractivity contribution in [1.29, 1.82) is 0 Å². The first-order valence-corrected chi connectivity index (χ1v) is 7.58. The number of carbonyl (C=O) groups is 1. The van der Waals surface area contributed by atoms with E-state index in [1.54, 1.807) is 31.1 Å². The fourth-order valence-electron chi connectivity index (χ4n) is 1.72. The van der Waals surface area contributed by atoms with Crippen molar-refractivity contribution < 1.29 is 9.90 Å². The fourth-order valence-corrected chi connectivity index (χ4v) is 2.56.